The number of rotatable bonds is 2. The van der Waals surface area contributed by atoms with Gasteiger partial charge < -0.3 is 4.74 Å². The van der Waals surface area contributed by atoms with Crippen molar-refractivity contribution in [3.05, 3.63) is 35.2 Å². The Bertz CT molecular complexity index is 692. The van der Waals surface area contributed by atoms with Gasteiger partial charge in [0, 0.05) is 6.20 Å². The van der Waals surface area contributed by atoms with Crippen LogP contribution in [0.4, 0.5) is 0 Å². The van der Waals surface area contributed by atoms with Gasteiger partial charge in [0.25, 0.3) is 5.91 Å². The summed E-state index contributed by atoms with van der Waals surface area (Å²) in [7, 11) is 0. The molecule has 2 aliphatic rings. The van der Waals surface area contributed by atoms with E-state index >= 15 is 0 Å². The molecule has 22 heavy (non-hydrogen) atoms. The third-order valence-electron chi connectivity index (χ3n) is 3.54. The van der Waals surface area contributed by atoms with Crippen molar-refractivity contribution in [2.75, 3.05) is 6.61 Å². The summed E-state index contributed by atoms with van der Waals surface area (Å²) in [5.41, 5.74) is 0.260. The Morgan fingerprint density at radius 3 is 2.82 bits per heavy atom. The molecule has 3 heterocycles. The zero-order valence-corrected chi connectivity index (χ0v) is 13.7. The van der Waals surface area contributed by atoms with E-state index in [0.29, 0.717) is 11.3 Å². The molecule has 0 fully saturated rings. The first-order valence-electron chi connectivity index (χ1n) is 6.61. The van der Waals surface area contributed by atoms with Gasteiger partial charge in [-0.25, -0.2) is 4.79 Å². The maximum atomic E-state index is 12.5. The van der Waals surface area contributed by atoms with E-state index in [0.717, 1.165) is 0 Å². The minimum Gasteiger partial charge on any atom is -0.463 e. The smallest absolute Gasteiger partial charge is 0.337 e. The van der Waals surface area contributed by atoms with Gasteiger partial charge in [0.2, 0.25) is 0 Å². The van der Waals surface area contributed by atoms with Crippen LogP contribution in [0.25, 0.3) is 5.70 Å². The molecule has 3 atom stereocenters. The van der Waals surface area contributed by atoms with Crippen molar-refractivity contribution in [1.29, 1.82) is 0 Å². The Morgan fingerprint density at radius 2 is 2.14 bits per heavy atom. The van der Waals surface area contributed by atoms with E-state index in [9.17, 15) is 9.59 Å². The van der Waals surface area contributed by atoms with Crippen LogP contribution in [0.5, 0.6) is 0 Å². The Labute approximate surface area is 141 Å². The molecule has 116 valence electrons. The summed E-state index contributed by atoms with van der Waals surface area (Å²) in [5.74, 6) is -0.975. The van der Waals surface area contributed by atoms with Crippen LogP contribution in [0.1, 0.15) is 23.0 Å². The maximum Gasteiger partial charge on any atom is 0.337 e. The number of hydrogen-bond acceptors (Lipinski definition) is 4. The van der Waals surface area contributed by atoms with Crippen LogP contribution in [0.15, 0.2) is 23.9 Å². The number of carbonyl (C=O) groups excluding carboxylic acids is 2. The van der Waals surface area contributed by atoms with E-state index in [1.165, 1.54) is 11.1 Å². The molecule has 0 aliphatic carbocycles. The molecule has 8 heteroatoms. The number of carbonyl (C=O) groups is 2. The quantitative estimate of drug-likeness (QED) is 0.461. The molecule has 1 amide bonds. The maximum absolute atomic E-state index is 12.5. The second-order valence-corrected chi connectivity index (χ2v) is 6.20. The highest BCUT2D eigenvalue weighted by Gasteiger charge is 2.50. The zero-order valence-electron chi connectivity index (χ0n) is 11.4. The van der Waals surface area contributed by atoms with Gasteiger partial charge >= 0.3 is 5.97 Å². The second kappa shape index (κ2) is 5.72. The molecule has 2 aliphatic heterocycles. The van der Waals surface area contributed by atoms with Gasteiger partial charge in [-0.2, -0.15) is 0 Å². The van der Waals surface area contributed by atoms with Gasteiger partial charge in [0.1, 0.15) is 11.2 Å². The van der Waals surface area contributed by atoms with Crippen LogP contribution in [0.2, 0.25) is 0 Å². The Morgan fingerprint density at radius 1 is 1.41 bits per heavy atom. The Kier molecular flexibility index (Phi) is 4.05. The highest BCUT2D eigenvalue weighted by Crippen LogP contribution is 2.45. The number of halogens is 3. The van der Waals surface area contributed by atoms with Crippen LogP contribution in [0.3, 0.4) is 0 Å². The molecule has 0 bridgehead atoms. The van der Waals surface area contributed by atoms with Crippen molar-refractivity contribution in [2.24, 2.45) is 0 Å². The summed E-state index contributed by atoms with van der Waals surface area (Å²) in [6.07, 6.45) is 1.53. The summed E-state index contributed by atoms with van der Waals surface area (Å²) < 4.78 is 5.05. The summed E-state index contributed by atoms with van der Waals surface area (Å²) in [4.78, 5) is 30.3. The number of ether oxygens (including phenoxy) is 1. The SMILES string of the molecule is CCOC(=O)C1=C2c3ncccc3C(=O)N2[C@@H](Cl)[C@H](Cl)[C@H]1Cl. The predicted molar refractivity (Wildman–Crippen MR) is 82.9 cm³/mol. The minimum atomic E-state index is -0.879. The molecule has 1 aromatic rings. The molecule has 0 saturated heterocycles. The number of nitrogens with zero attached hydrogens (tertiary/aromatic N) is 2. The van der Waals surface area contributed by atoms with Crippen LogP contribution < -0.4 is 0 Å². The lowest BCUT2D eigenvalue weighted by Crippen LogP contribution is -2.47. The molecule has 3 rings (SSSR count). The van der Waals surface area contributed by atoms with Gasteiger partial charge in [0.05, 0.1) is 34.2 Å². The van der Waals surface area contributed by atoms with E-state index in [2.05, 4.69) is 4.98 Å². The molecule has 0 aromatic carbocycles. The standard InChI is InChI=1S/C14H11Cl3N2O3/c1-2-22-14(21)7-8(15)9(16)12(17)19-11(7)10-6(13(19)20)4-3-5-18-10/h3-5,8-9,12H,2H2,1H3/t8-,9+,12+/m0/s1. The van der Waals surface area contributed by atoms with Crippen molar-refractivity contribution in [3.63, 3.8) is 0 Å². The lowest BCUT2D eigenvalue weighted by Gasteiger charge is -2.36. The van der Waals surface area contributed by atoms with E-state index < -0.39 is 22.2 Å². The summed E-state index contributed by atoms with van der Waals surface area (Å²) in [5, 5.41) is -1.71. The average Bonchev–Trinajstić information content (AvgIpc) is 2.79. The van der Waals surface area contributed by atoms with E-state index in [4.69, 9.17) is 39.5 Å². The summed E-state index contributed by atoms with van der Waals surface area (Å²) >= 11 is 18.8. The first kappa shape index (κ1) is 15.6. The molecule has 5 nitrogen and oxygen atoms in total. The third kappa shape index (κ3) is 2.11. The highest BCUT2D eigenvalue weighted by molar-refractivity contribution is 6.39. The average molecular weight is 362 g/mol. The number of fused-ring (bicyclic) bond motifs is 3. The predicted octanol–water partition coefficient (Wildman–Crippen LogP) is 2.60. The van der Waals surface area contributed by atoms with Gasteiger partial charge in [-0.1, -0.05) is 11.6 Å². The largest absolute Gasteiger partial charge is 0.463 e. The molecular weight excluding hydrogens is 351 g/mol. The van der Waals surface area contributed by atoms with Gasteiger partial charge in [0.15, 0.2) is 0 Å². The normalized spacial score (nSPS) is 26.8. The van der Waals surface area contributed by atoms with Crippen LogP contribution >= 0.6 is 34.8 Å². The van der Waals surface area contributed by atoms with Gasteiger partial charge in [-0.3, -0.25) is 14.7 Å². The number of hydrogen-bond donors (Lipinski definition) is 0. The number of aromatic nitrogens is 1. The van der Waals surface area contributed by atoms with Crippen molar-refractivity contribution in [2.45, 2.75) is 23.2 Å². The summed E-state index contributed by atoms with van der Waals surface area (Å²) in [6, 6.07) is 3.26. The van der Waals surface area contributed by atoms with Gasteiger partial charge in [-0.05, 0) is 19.1 Å². The molecular formula is C14H11Cl3N2O3. The van der Waals surface area contributed by atoms with Crippen LogP contribution in [0, 0.1) is 0 Å². The van der Waals surface area contributed by atoms with E-state index in [1.54, 1.807) is 19.1 Å². The molecule has 0 spiro atoms. The first-order valence-corrected chi connectivity index (χ1v) is 7.92. The number of amides is 1. The molecule has 0 saturated carbocycles. The number of pyridine rings is 1. The fourth-order valence-electron chi connectivity index (χ4n) is 2.59. The van der Waals surface area contributed by atoms with Crippen molar-refractivity contribution >= 4 is 52.4 Å². The molecule has 0 unspecified atom stereocenters. The second-order valence-electron chi connectivity index (χ2n) is 4.78. The Balaban J connectivity index is 2.26. The lowest BCUT2D eigenvalue weighted by molar-refractivity contribution is -0.138. The highest BCUT2D eigenvalue weighted by atomic mass is 35.5. The lowest BCUT2D eigenvalue weighted by atomic mass is 10.0. The van der Waals surface area contributed by atoms with Crippen molar-refractivity contribution in [3.8, 4) is 0 Å². The Hall–Kier alpha value is -1.30. The van der Waals surface area contributed by atoms with E-state index in [-0.39, 0.29) is 23.8 Å². The first-order chi connectivity index (χ1) is 10.5. The minimum absolute atomic E-state index is 0.117. The topological polar surface area (TPSA) is 59.5 Å². The van der Waals surface area contributed by atoms with Crippen molar-refractivity contribution in [1.82, 2.24) is 9.88 Å². The number of alkyl halides is 3. The molecule has 0 radical (unpaired) electrons. The molecule has 0 N–H and O–H groups in total. The van der Waals surface area contributed by atoms with Crippen LogP contribution in [-0.2, 0) is 9.53 Å². The monoisotopic (exact) mass is 360 g/mol. The fourth-order valence-corrected chi connectivity index (χ4v) is 3.57. The number of esters is 1. The molecule has 1 aromatic heterocycles. The zero-order chi connectivity index (χ0) is 16.0. The van der Waals surface area contributed by atoms with Gasteiger partial charge in [-0.15, -0.1) is 23.2 Å². The van der Waals surface area contributed by atoms with E-state index in [1.807, 2.05) is 0 Å². The van der Waals surface area contributed by atoms with Crippen molar-refractivity contribution < 1.29 is 14.3 Å². The van der Waals surface area contributed by atoms with Crippen LogP contribution in [-0.4, -0.2) is 44.6 Å². The fraction of sp³-hybridized carbons (Fsp3) is 0.357. The third-order valence-corrected chi connectivity index (χ3v) is 5.24. The summed E-state index contributed by atoms with van der Waals surface area (Å²) in [6.45, 7) is 1.86.